The Morgan fingerprint density at radius 3 is 2.49 bits per heavy atom. The van der Waals surface area contributed by atoms with Gasteiger partial charge < -0.3 is 14.9 Å². The second kappa shape index (κ2) is 8.87. The zero-order valence-corrected chi connectivity index (χ0v) is 20.8. The number of phenolic OH excluding ortho intramolecular Hbond substituents is 1. The third-order valence-corrected chi connectivity index (χ3v) is 8.56. The molecule has 1 aliphatic carbocycles. The molecule has 3 aliphatic rings. The van der Waals surface area contributed by atoms with Crippen LogP contribution in [-0.2, 0) is 12.8 Å². The van der Waals surface area contributed by atoms with E-state index >= 15 is 0 Å². The lowest BCUT2D eigenvalue weighted by atomic mass is 9.82. The van der Waals surface area contributed by atoms with Gasteiger partial charge in [-0.2, -0.15) is 0 Å². The van der Waals surface area contributed by atoms with E-state index in [1.54, 1.807) is 0 Å². The number of benzene rings is 3. The minimum absolute atomic E-state index is 0.0888. The van der Waals surface area contributed by atoms with Crippen LogP contribution < -0.4 is 0 Å². The molecular weight excluding hydrogens is 428 g/mol. The topological polar surface area (TPSA) is 26.7 Å². The fraction of sp³-hybridized carbons (Fsp3) is 0.375. The molecule has 1 spiro atoms. The highest BCUT2D eigenvalue weighted by Gasteiger charge is 2.54. The standard InChI is InChI=1S/C32H36N2O/c1-23(26-6-4-3-5-7-26)34-31(30-15-14-29(35)20-28(30)21-32(34)17-18-32)27-12-10-24(11-13-27)8-9-25-16-19-33(2)22-25/h3-7,10-15,20,25,31,35H,1,8-9,16-19,21-22H2,2H3. The van der Waals surface area contributed by atoms with Gasteiger partial charge in [-0.1, -0.05) is 67.2 Å². The van der Waals surface area contributed by atoms with E-state index in [0.717, 1.165) is 24.5 Å². The Morgan fingerprint density at radius 2 is 1.80 bits per heavy atom. The number of hydrogen-bond acceptors (Lipinski definition) is 3. The summed E-state index contributed by atoms with van der Waals surface area (Å²) in [6.45, 7) is 7.10. The van der Waals surface area contributed by atoms with E-state index in [0.29, 0.717) is 5.75 Å². The molecule has 2 atom stereocenters. The molecule has 2 fully saturated rings. The molecule has 2 heterocycles. The van der Waals surface area contributed by atoms with Crippen molar-refractivity contribution < 1.29 is 5.11 Å². The molecule has 0 radical (unpaired) electrons. The smallest absolute Gasteiger partial charge is 0.115 e. The molecule has 1 saturated heterocycles. The largest absolute Gasteiger partial charge is 0.508 e. The molecule has 3 nitrogen and oxygen atoms in total. The van der Waals surface area contributed by atoms with Gasteiger partial charge in [0.05, 0.1) is 6.04 Å². The van der Waals surface area contributed by atoms with Gasteiger partial charge in [-0.3, -0.25) is 0 Å². The first-order valence-corrected chi connectivity index (χ1v) is 13.2. The van der Waals surface area contributed by atoms with Gasteiger partial charge in [0.2, 0.25) is 0 Å². The van der Waals surface area contributed by atoms with Crippen molar-refractivity contribution in [3.63, 3.8) is 0 Å². The summed E-state index contributed by atoms with van der Waals surface area (Å²) in [5.41, 5.74) is 7.68. The quantitative estimate of drug-likeness (QED) is 0.455. The fourth-order valence-electron chi connectivity index (χ4n) is 6.47. The lowest BCUT2D eigenvalue weighted by Gasteiger charge is -2.47. The Bertz CT molecular complexity index is 1210. The van der Waals surface area contributed by atoms with Crippen molar-refractivity contribution in [2.24, 2.45) is 5.92 Å². The van der Waals surface area contributed by atoms with E-state index in [2.05, 4.69) is 84.1 Å². The van der Waals surface area contributed by atoms with Crippen LogP contribution in [0, 0.1) is 5.92 Å². The van der Waals surface area contributed by atoms with Crippen molar-refractivity contribution in [2.45, 2.75) is 50.1 Å². The second-order valence-corrected chi connectivity index (χ2v) is 11.1. The summed E-state index contributed by atoms with van der Waals surface area (Å²) in [4.78, 5) is 5.05. The van der Waals surface area contributed by atoms with E-state index in [4.69, 9.17) is 0 Å². The predicted molar refractivity (Wildman–Crippen MR) is 143 cm³/mol. The van der Waals surface area contributed by atoms with Crippen molar-refractivity contribution in [3.05, 3.63) is 107 Å². The van der Waals surface area contributed by atoms with Gasteiger partial charge in [0.1, 0.15) is 5.75 Å². The molecule has 3 heteroatoms. The van der Waals surface area contributed by atoms with E-state index in [1.807, 2.05) is 12.1 Å². The summed E-state index contributed by atoms with van der Waals surface area (Å²) in [5.74, 6) is 1.19. The van der Waals surface area contributed by atoms with Crippen LogP contribution in [0.4, 0.5) is 0 Å². The Kier molecular flexibility index (Phi) is 5.69. The van der Waals surface area contributed by atoms with E-state index in [9.17, 15) is 5.11 Å². The molecular formula is C32H36N2O. The third kappa shape index (κ3) is 4.27. The van der Waals surface area contributed by atoms with Crippen molar-refractivity contribution >= 4 is 5.70 Å². The van der Waals surface area contributed by atoms with Crippen molar-refractivity contribution in [3.8, 4) is 5.75 Å². The molecule has 0 bridgehead atoms. The monoisotopic (exact) mass is 464 g/mol. The fourth-order valence-corrected chi connectivity index (χ4v) is 6.47. The molecule has 0 aromatic heterocycles. The maximum Gasteiger partial charge on any atom is 0.115 e. The maximum atomic E-state index is 10.3. The molecule has 6 rings (SSSR count). The first kappa shape index (κ1) is 22.4. The normalized spacial score (nSPS) is 22.8. The van der Waals surface area contributed by atoms with E-state index in [1.165, 1.54) is 66.6 Å². The lowest BCUT2D eigenvalue weighted by Crippen LogP contribution is -2.44. The molecule has 2 unspecified atom stereocenters. The molecule has 1 N–H and O–H groups in total. The second-order valence-electron chi connectivity index (χ2n) is 11.1. The van der Waals surface area contributed by atoms with Gasteiger partial charge in [-0.25, -0.2) is 0 Å². The third-order valence-electron chi connectivity index (χ3n) is 8.56. The van der Waals surface area contributed by atoms with E-state index < -0.39 is 0 Å². The van der Waals surface area contributed by atoms with Crippen LogP contribution in [0.2, 0.25) is 0 Å². The molecule has 2 aliphatic heterocycles. The van der Waals surface area contributed by atoms with Crippen LogP contribution in [0.3, 0.4) is 0 Å². The van der Waals surface area contributed by atoms with Crippen LogP contribution in [0.25, 0.3) is 5.70 Å². The van der Waals surface area contributed by atoms with Gasteiger partial charge in [-0.15, -0.1) is 0 Å². The van der Waals surface area contributed by atoms with Crippen molar-refractivity contribution in [1.82, 2.24) is 9.80 Å². The Labute approximate surface area is 209 Å². The van der Waals surface area contributed by atoms with E-state index in [-0.39, 0.29) is 11.6 Å². The van der Waals surface area contributed by atoms with Crippen LogP contribution in [0.1, 0.15) is 59.5 Å². The van der Waals surface area contributed by atoms with Crippen LogP contribution in [-0.4, -0.2) is 40.6 Å². The minimum Gasteiger partial charge on any atom is -0.508 e. The number of aryl methyl sites for hydroxylation is 1. The Balaban J connectivity index is 1.34. The predicted octanol–water partition coefficient (Wildman–Crippen LogP) is 6.43. The van der Waals surface area contributed by atoms with Crippen LogP contribution in [0.15, 0.2) is 79.4 Å². The summed E-state index contributed by atoms with van der Waals surface area (Å²) in [5, 5.41) is 10.3. The van der Waals surface area contributed by atoms with Crippen molar-refractivity contribution in [2.75, 3.05) is 20.1 Å². The van der Waals surface area contributed by atoms with Crippen LogP contribution >= 0.6 is 0 Å². The summed E-state index contributed by atoms with van der Waals surface area (Å²) in [6.07, 6.45) is 7.05. The maximum absolute atomic E-state index is 10.3. The number of likely N-dealkylation sites (tertiary alicyclic amines) is 1. The number of nitrogens with zero attached hydrogens (tertiary/aromatic N) is 2. The first-order chi connectivity index (χ1) is 17.0. The first-order valence-electron chi connectivity index (χ1n) is 13.2. The number of fused-ring (bicyclic) bond motifs is 1. The molecule has 35 heavy (non-hydrogen) atoms. The number of phenols is 1. The summed E-state index contributed by atoms with van der Waals surface area (Å²) in [6, 6.07) is 26.0. The molecule has 3 aromatic rings. The highest BCUT2D eigenvalue weighted by Crippen LogP contribution is 2.57. The van der Waals surface area contributed by atoms with Crippen molar-refractivity contribution in [1.29, 1.82) is 0 Å². The molecule has 180 valence electrons. The average Bonchev–Trinajstić information content (AvgIpc) is 3.51. The lowest BCUT2D eigenvalue weighted by molar-refractivity contribution is 0.207. The minimum atomic E-state index is 0.0888. The summed E-state index contributed by atoms with van der Waals surface area (Å²) >= 11 is 0. The molecule has 1 saturated carbocycles. The molecule has 3 aromatic carbocycles. The zero-order chi connectivity index (χ0) is 24.0. The summed E-state index contributed by atoms with van der Waals surface area (Å²) < 4.78 is 0. The molecule has 0 amide bonds. The van der Waals surface area contributed by atoms with Gasteiger partial charge in [-0.05, 0) is 98.0 Å². The average molecular weight is 465 g/mol. The number of hydrogen-bond donors (Lipinski definition) is 1. The summed E-state index contributed by atoms with van der Waals surface area (Å²) in [7, 11) is 2.23. The van der Waals surface area contributed by atoms with Gasteiger partial charge in [0.15, 0.2) is 0 Å². The Hall–Kier alpha value is -3.04. The SMILES string of the molecule is C=C(c1ccccc1)N1C(c2ccc(CCC3CCN(C)C3)cc2)c2ccc(O)cc2CC12CC2. The van der Waals surface area contributed by atoms with Gasteiger partial charge in [0, 0.05) is 17.8 Å². The Morgan fingerprint density at radius 1 is 1.03 bits per heavy atom. The number of aromatic hydroxyl groups is 1. The highest BCUT2D eigenvalue weighted by atomic mass is 16.3. The van der Waals surface area contributed by atoms with Gasteiger partial charge in [0.25, 0.3) is 0 Å². The zero-order valence-electron chi connectivity index (χ0n) is 20.8. The van der Waals surface area contributed by atoms with Gasteiger partial charge >= 0.3 is 0 Å². The highest BCUT2D eigenvalue weighted by molar-refractivity contribution is 5.66. The number of rotatable bonds is 6. The van der Waals surface area contributed by atoms with Crippen LogP contribution in [0.5, 0.6) is 5.75 Å².